The first-order valence-corrected chi connectivity index (χ1v) is 11.6. The molecule has 0 atom stereocenters. The number of aromatic nitrogens is 2. The number of morpholine rings is 1. The van der Waals surface area contributed by atoms with Gasteiger partial charge in [-0.05, 0) is 29.8 Å². The van der Waals surface area contributed by atoms with Crippen molar-refractivity contribution in [2.24, 2.45) is 0 Å². The number of amides is 1. The standard InChI is InChI=1S/C25H29N5O3/c1-2-33-21-8-7-19-5-3-4-6-20(19)23(21)24(31)29-13-11-28(12-14-29)22-9-10-26-25(27-22)30-15-17-32-18-16-30/h3-10H,2,11-18H2,1H3. The lowest BCUT2D eigenvalue weighted by molar-refractivity contribution is 0.0744. The van der Waals surface area contributed by atoms with Crippen LogP contribution in [0.2, 0.25) is 0 Å². The van der Waals surface area contributed by atoms with Crippen LogP contribution >= 0.6 is 0 Å². The molecule has 172 valence electrons. The maximum Gasteiger partial charge on any atom is 0.258 e. The molecular formula is C25H29N5O3. The van der Waals surface area contributed by atoms with Gasteiger partial charge >= 0.3 is 0 Å². The highest BCUT2D eigenvalue weighted by atomic mass is 16.5. The molecule has 2 fully saturated rings. The van der Waals surface area contributed by atoms with Gasteiger partial charge in [-0.15, -0.1) is 0 Å². The lowest BCUT2D eigenvalue weighted by Crippen LogP contribution is -2.49. The number of carbonyl (C=O) groups is 1. The highest BCUT2D eigenvalue weighted by Crippen LogP contribution is 2.30. The van der Waals surface area contributed by atoms with Crippen molar-refractivity contribution >= 4 is 28.4 Å². The quantitative estimate of drug-likeness (QED) is 0.596. The molecule has 0 unspecified atom stereocenters. The monoisotopic (exact) mass is 447 g/mol. The van der Waals surface area contributed by atoms with E-state index in [4.69, 9.17) is 14.5 Å². The minimum atomic E-state index is 0.0200. The van der Waals surface area contributed by atoms with Crippen LogP contribution in [0.15, 0.2) is 48.7 Å². The fraction of sp³-hybridized carbons (Fsp3) is 0.400. The van der Waals surface area contributed by atoms with Gasteiger partial charge in [-0.25, -0.2) is 4.98 Å². The number of fused-ring (bicyclic) bond motifs is 1. The normalized spacial score (nSPS) is 16.8. The number of benzene rings is 2. The van der Waals surface area contributed by atoms with E-state index in [1.54, 1.807) is 0 Å². The Balaban J connectivity index is 1.32. The predicted molar refractivity (Wildman–Crippen MR) is 128 cm³/mol. The first kappa shape index (κ1) is 21.5. The van der Waals surface area contributed by atoms with Crippen LogP contribution in [0.5, 0.6) is 5.75 Å². The van der Waals surface area contributed by atoms with Gasteiger partial charge < -0.3 is 24.2 Å². The Hall–Kier alpha value is -3.39. The van der Waals surface area contributed by atoms with E-state index in [0.717, 1.165) is 48.7 Å². The Morgan fingerprint density at radius 1 is 0.970 bits per heavy atom. The molecule has 3 aromatic rings. The van der Waals surface area contributed by atoms with Crippen molar-refractivity contribution in [1.29, 1.82) is 0 Å². The molecule has 0 N–H and O–H groups in total. The highest BCUT2D eigenvalue weighted by Gasteiger charge is 2.27. The summed E-state index contributed by atoms with van der Waals surface area (Å²) in [6.45, 7) is 8.17. The topological polar surface area (TPSA) is 71.0 Å². The second-order valence-corrected chi connectivity index (χ2v) is 8.19. The van der Waals surface area contributed by atoms with Gasteiger partial charge in [0.2, 0.25) is 5.95 Å². The lowest BCUT2D eigenvalue weighted by atomic mass is 10.0. The first-order chi connectivity index (χ1) is 16.2. The third-order valence-corrected chi connectivity index (χ3v) is 6.22. The third-order valence-electron chi connectivity index (χ3n) is 6.22. The molecular weight excluding hydrogens is 418 g/mol. The minimum Gasteiger partial charge on any atom is -0.493 e. The molecule has 2 aromatic carbocycles. The van der Waals surface area contributed by atoms with Gasteiger partial charge in [0.1, 0.15) is 11.6 Å². The highest BCUT2D eigenvalue weighted by molar-refractivity contribution is 6.09. The number of rotatable bonds is 5. The first-order valence-electron chi connectivity index (χ1n) is 11.6. The summed E-state index contributed by atoms with van der Waals surface area (Å²) in [5, 5.41) is 1.97. The molecule has 33 heavy (non-hydrogen) atoms. The smallest absolute Gasteiger partial charge is 0.258 e. The number of anilines is 2. The van der Waals surface area contributed by atoms with Crippen LogP contribution in [-0.2, 0) is 4.74 Å². The lowest BCUT2D eigenvalue weighted by Gasteiger charge is -2.36. The molecule has 8 nitrogen and oxygen atoms in total. The predicted octanol–water partition coefficient (Wildman–Crippen LogP) is 2.83. The van der Waals surface area contributed by atoms with Crippen LogP contribution in [0.4, 0.5) is 11.8 Å². The summed E-state index contributed by atoms with van der Waals surface area (Å²) in [5.74, 6) is 2.31. The van der Waals surface area contributed by atoms with Crippen molar-refractivity contribution in [3.05, 3.63) is 54.2 Å². The molecule has 1 amide bonds. The van der Waals surface area contributed by atoms with Crippen molar-refractivity contribution in [2.75, 3.05) is 68.9 Å². The summed E-state index contributed by atoms with van der Waals surface area (Å²) in [7, 11) is 0. The SMILES string of the molecule is CCOc1ccc2ccccc2c1C(=O)N1CCN(c2ccnc(N3CCOCC3)n2)CC1. The number of carbonyl (C=O) groups excluding carboxylic acids is 1. The average Bonchev–Trinajstić information content (AvgIpc) is 2.89. The largest absolute Gasteiger partial charge is 0.493 e. The summed E-state index contributed by atoms with van der Waals surface area (Å²) >= 11 is 0. The fourth-order valence-electron chi connectivity index (χ4n) is 4.48. The molecule has 0 radical (unpaired) electrons. The number of hydrogen-bond donors (Lipinski definition) is 0. The van der Waals surface area contributed by atoms with Gasteiger partial charge in [0.25, 0.3) is 5.91 Å². The molecule has 0 aliphatic carbocycles. The van der Waals surface area contributed by atoms with Gasteiger partial charge in [0, 0.05) is 45.5 Å². The van der Waals surface area contributed by atoms with Crippen molar-refractivity contribution in [3.8, 4) is 5.75 Å². The maximum absolute atomic E-state index is 13.6. The molecule has 2 aliphatic rings. The van der Waals surface area contributed by atoms with Crippen LogP contribution in [0.3, 0.4) is 0 Å². The molecule has 5 rings (SSSR count). The molecule has 3 heterocycles. The van der Waals surface area contributed by atoms with E-state index in [1.807, 2.05) is 60.5 Å². The van der Waals surface area contributed by atoms with Gasteiger partial charge in [0.05, 0.1) is 25.4 Å². The van der Waals surface area contributed by atoms with E-state index in [0.29, 0.717) is 44.2 Å². The van der Waals surface area contributed by atoms with Crippen molar-refractivity contribution in [3.63, 3.8) is 0 Å². The Morgan fingerprint density at radius 3 is 2.55 bits per heavy atom. The zero-order valence-corrected chi connectivity index (χ0v) is 18.9. The number of hydrogen-bond acceptors (Lipinski definition) is 7. The van der Waals surface area contributed by atoms with Crippen LogP contribution < -0.4 is 14.5 Å². The average molecular weight is 448 g/mol. The second kappa shape index (κ2) is 9.62. The maximum atomic E-state index is 13.6. The Labute approximate surface area is 193 Å². The van der Waals surface area contributed by atoms with Crippen LogP contribution in [0, 0.1) is 0 Å². The van der Waals surface area contributed by atoms with Crippen molar-refractivity contribution < 1.29 is 14.3 Å². The molecule has 0 spiro atoms. The summed E-state index contributed by atoms with van der Waals surface area (Å²) in [4.78, 5) is 29.1. The third kappa shape index (κ3) is 4.43. The van der Waals surface area contributed by atoms with Gasteiger partial charge in [-0.3, -0.25) is 4.79 Å². The zero-order valence-electron chi connectivity index (χ0n) is 18.9. The molecule has 2 saturated heterocycles. The van der Waals surface area contributed by atoms with E-state index >= 15 is 0 Å². The molecule has 8 heteroatoms. The van der Waals surface area contributed by atoms with Crippen molar-refractivity contribution in [1.82, 2.24) is 14.9 Å². The van der Waals surface area contributed by atoms with E-state index in [-0.39, 0.29) is 5.91 Å². The van der Waals surface area contributed by atoms with E-state index in [1.165, 1.54) is 0 Å². The van der Waals surface area contributed by atoms with Gasteiger partial charge in [-0.2, -0.15) is 4.98 Å². The summed E-state index contributed by atoms with van der Waals surface area (Å²) in [6, 6.07) is 13.8. The van der Waals surface area contributed by atoms with Crippen LogP contribution in [-0.4, -0.2) is 79.9 Å². The van der Waals surface area contributed by atoms with E-state index in [9.17, 15) is 4.79 Å². The summed E-state index contributed by atoms with van der Waals surface area (Å²) in [6.07, 6.45) is 1.81. The minimum absolute atomic E-state index is 0.0200. The Kier molecular flexibility index (Phi) is 6.26. The molecule has 0 saturated carbocycles. The fourth-order valence-corrected chi connectivity index (χ4v) is 4.48. The zero-order chi connectivity index (χ0) is 22.6. The van der Waals surface area contributed by atoms with Gasteiger partial charge in [-0.1, -0.05) is 30.3 Å². The van der Waals surface area contributed by atoms with E-state index in [2.05, 4.69) is 14.8 Å². The molecule has 2 aliphatic heterocycles. The number of nitrogens with zero attached hydrogens (tertiary/aromatic N) is 5. The Morgan fingerprint density at radius 2 is 1.76 bits per heavy atom. The van der Waals surface area contributed by atoms with Gasteiger partial charge in [0.15, 0.2) is 0 Å². The van der Waals surface area contributed by atoms with Crippen LogP contribution in [0.25, 0.3) is 10.8 Å². The summed E-state index contributed by atoms with van der Waals surface area (Å²) < 4.78 is 11.3. The van der Waals surface area contributed by atoms with E-state index < -0.39 is 0 Å². The number of piperazine rings is 1. The summed E-state index contributed by atoms with van der Waals surface area (Å²) in [5.41, 5.74) is 0.653. The second-order valence-electron chi connectivity index (χ2n) is 8.19. The van der Waals surface area contributed by atoms with Crippen LogP contribution in [0.1, 0.15) is 17.3 Å². The molecule has 1 aromatic heterocycles. The molecule has 0 bridgehead atoms. The number of ether oxygens (including phenoxy) is 2. The van der Waals surface area contributed by atoms with Crippen molar-refractivity contribution in [2.45, 2.75) is 6.92 Å². The Bertz CT molecular complexity index is 1120.